The first-order chi connectivity index (χ1) is 13.2. The van der Waals surface area contributed by atoms with E-state index in [0.717, 1.165) is 31.7 Å². The monoisotopic (exact) mass is 421 g/mol. The van der Waals surface area contributed by atoms with Crippen LogP contribution in [0.15, 0.2) is 24.3 Å². The molecule has 0 aliphatic carbocycles. The summed E-state index contributed by atoms with van der Waals surface area (Å²) in [6, 6.07) is 7.11. The average molecular weight is 422 g/mol. The summed E-state index contributed by atoms with van der Waals surface area (Å²) in [5, 5.41) is 3.60. The van der Waals surface area contributed by atoms with Crippen LogP contribution < -0.4 is 5.32 Å². The molecule has 1 amide bonds. The SMILES string of the molecule is CC(C(=O)NCc1ccc(Cl)cc1)N1CCN(CCCOCC(F)(F)F)CC1. The lowest BCUT2D eigenvalue weighted by molar-refractivity contribution is -0.174. The topological polar surface area (TPSA) is 44.8 Å². The van der Waals surface area contributed by atoms with Crippen LogP contribution >= 0.6 is 11.6 Å². The first-order valence-electron chi connectivity index (χ1n) is 9.37. The summed E-state index contributed by atoms with van der Waals surface area (Å²) in [4.78, 5) is 16.7. The van der Waals surface area contributed by atoms with Gasteiger partial charge in [-0.2, -0.15) is 13.2 Å². The Hall–Kier alpha value is -1.35. The fourth-order valence-electron chi connectivity index (χ4n) is 3.06. The minimum absolute atomic E-state index is 0.0241. The van der Waals surface area contributed by atoms with E-state index in [0.29, 0.717) is 24.5 Å². The van der Waals surface area contributed by atoms with Gasteiger partial charge in [-0.1, -0.05) is 23.7 Å². The number of halogens is 4. The van der Waals surface area contributed by atoms with Crippen molar-refractivity contribution in [2.75, 3.05) is 45.9 Å². The molecule has 0 radical (unpaired) electrons. The van der Waals surface area contributed by atoms with Gasteiger partial charge in [-0.05, 0) is 31.0 Å². The van der Waals surface area contributed by atoms with Crippen LogP contribution in [0.2, 0.25) is 5.02 Å². The molecule has 1 heterocycles. The highest BCUT2D eigenvalue weighted by Crippen LogP contribution is 2.14. The van der Waals surface area contributed by atoms with Gasteiger partial charge in [0.25, 0.3) is 0 Å². The quantitative estimate of drug-likeness (QED) is 0.623. The standard InChI is InChI=1S/C19H27ClF3N3O2/c1-15(18(27)24-13-16-3-5-17(20)6-4-16)26-10-8-25(9-11-26)7-2-12-28-14-19(21,22)23/h3-6,15H,2,7-14H2,1H3,(H,24,27). The first-order valence-corrected chi connectivity index (χ1v) is 9.75. The lowest BCUT2D eigenvalue weighted by Gasteiger charge is -2.37. The number of amides is 1. The van der Waals surface area contributed by atoms with E-state index in [-0.39, 0.29) is 18.6 Å². The lowest BCUT2D eigenvalue weighted by Crippen LogP contribution is -2.53. The van der Waals surface area contributed by atoms with E-state index < -0.39 is 12.8 Å². The Bertz CT molecular complexity index is 605. The molecule has 0 aromatic heterocycles. The summed E-state index contributed by atoms with van der Waals surface area (Å²) >= 11 is 5.85. The number of carbonyl (C=O) groups excluding carboxylic acids is 1. The molecule has 1 aliphatic rings. The van der Waals surface area contributed by atoms with Crippen molar-refractivity contribution < 1.29 is 22.7 Å². The fraction of sp³-hybridized carbons (Fsp3) is 0.632. The summed E-state index contributed by atoms with van der Waals surface area (Å²) in [5.41, 5.74) is 0.988. The molecule has 1 saturated heterocycles. The Kier molecular flexibility index (Phi) is 9.01. The van der Waals surface area contributed by atoms with Gasteiger partial charge in [-0.15, -0.1) is 0 Å². The van der Waals surface area contributed by atoms with Crippen LogP contribution in [-0.4, -0.2) is 73.9 Å². The molecule has 1 fully saturated rings. The molecule has 1 N–H and O–H groups in total. The number of nitrogens with one attached hydrogen (secondary N) is 1. The molecular weight excluding hydrogens is 395 g/mol. The van der Waals surface area contributed by atoms with Crippen molar-refractivity contribution in [1.29, 1.82) is 0 Å². The molecule has 9 heteroatoms. The highest BCUT2D eigenvalue weighted by atomic mass is 35.5. The highest BCUT2D eigenvalue weighted by molar-refractivity contribution is 6.30. The number of nitrogens with zero attached hydrogens (tertiary/aromatic N) is 2. The Morgan fingerprint density at radius 1 is 1.21 bits per heavy atom. The van der Waals surface area contributed by atoms with E-state index in [4.69, 9.17) is 11.6 Å². The van der Waals surface area contributed by atoms with E-state index in [1.807, 2.05) is 19.1 Å². The second-order valence-electron chi connectivity index (χ2n) is 6.92. The number of rotatable bonds is 9. The van der Waals surface area contributed by atoms with Gasteiger partial charge in [0.1, 0.15) is 6.61 Å². The lowest BCUT2D eigenvalue weighted by atomic mass is 10.2. The second kappa shape index (κ2) is 11.0. The van der Waals surface area contributed by atoms with Crippen LogP contribution in [0.25, 0.3) is 0 Å². The number of alkyl halides is 3. The summed E-state index contributed by atoms with van der Waals surface area (Å²) in [7, 11) is 0. The summed E-state index contributed by atoms with van der Waals surface area (Å²) in [6.07, 6.45) is -3.71. The molecule has 0 saturated carbocycles. The van der Waals surface area contributed by atoms with E-state index in [9.17, 15) is 18.0 Å². The minimum Gasteiger partial charge on any atom is -0.372 e. The Labute approximate surface area is 168 Å². The van der Waals surface area contributed by atoms with Crippen molar-refractivity contribution >= 4 is 17.5 Å². The Morgan fingerprint density at radius 2 is 1.86 bits per heavy atom. The van der Waals surface area contributed by atoms with Gasteiger partial charge in [-0.3, -0.25) is 9.69 Å². The first kappa shape index (κ1) is 22.9. The molecule has 1 aliphatic heterocycles. The van der Waals surface area contributed by atoms with Gasteiger partial charge < -0.3 is 15.0 Å². The molecule has 2 rings (SSSR count). The fourth-order valence-corrected chi connectivity index (χ4v) is 3.18. The number of piperazine rings is 1. The van der Waals surface area contributed by atoms with Gasteiger partial charge >= 0.3 is 6.18 Å². The maximum absolute atomic E-state index is 12.4. The molecule has 0 spiro atoms. The Balaban J connectivity index is 1.62. The van der Waals surface area contributed by atoms with Crippen molar-refractivity contribution in [3.05, 3.63) is 34.9 Å². The second-order valence-corrected chi connectivity index (χ2v) is 7.36. The number of carbonyl (C=O) groups is 1. The molecule has 158 valence electrons. The smallest absolute Gasteiger partial charge is 0.372 e. The zero-order chi connectivity index (χ0) is 20.6. The summed E-state index contributed by atoms with van der Waals surface area (Å²) in [5.74, 6) is -0.0241. The van der Waals surface area contributed by atoms with Gasteiger partial charge in [0.05, 0.1) is 6.04 Å². The zero-order valence-electron chi connectivity index (χ0n) is 16.0. The predicted molar refractivity (Wildman–Crippen MR) is 102 cm³/mol. The van der Waals surface area contributed by atoms with Gasteiger partial charge in [0.2, 0.25) is 5.91 Å². The Morgan fingerprint density at radius 3 is 2.46 bits per heavy atom. The van der Waals surface area contributed by atoms with Crippen molar-refractivity contribution in [1.82, 2.24) is 15.1 Å². The van der Waals surface area contributed by atoms with Crippen molar-refractivity contribution in [3.63, 3.8) is 0 Å². The summed E-state index contributed by atoms with van der Waals surface area (Å²) in [6.45, 7) is 5.02. The number of hydrogen-bond acceptors (Lipinski definition) is 4. The highest BCUT2D eigenvalue weighted by Gasteiger charge is 2.27. The predicted octanol–water partition coefficient (Wildman–Crippen LogP) is 2.93. The third kappa shape index (κ3) is 8.34. The molecular formula is C19H27ClF3N3O2. The van der Waals surface area contributed by atoms with Gasteiger partial charge in [0.15, 0.2) is 0 Å². The third-order valence-corrected chi connectivity index (χ3v) is 4.99. The van der Waals surface area contributed by atoms with Crippen LogP contribution in [0.1, 0.15) is 18.9 Å². The van der Waals surface area contributed by atoms with Crippen LogP contribution in [0.4, 0.5) is 13.2 Å². The summed E-state index contributed by atoms with van der Waals surface area (Å²) < 4.78 is 40.7. The molecule has 5 nitrogen and oxygen atoms in total. The van der Waals surface area contributed by atoms with Gasteiger partial charge in [0, 0.05) is 50.9 Å². The van der Waals surface area contributed by atoms with Crippen LogP contribution in [0.5, 0.6) is 0 Å². The molecule has 0 bridgehead atoms. The molecule has 28 heavy (non-hydrogen) atoms. The molecule has 1 aromatic carbocycles. The minimum atomic E-state index is -4.27. The van der Waals surface area contributed by atoms with E-state index >= 15 is 0 Å². The number of benzene rings is 1. The van der Waals surface area contributed by atoms with Crippen molar-refractivity contribution in [2.45, 2.75) is 32.1 Å². The largest absolute Gasteiger partial charge is 0.411 e. The zero-order valence-corrected chi connectivity index (χ0v) is 16.7. The van der Waals surface area contributed by atoms with Crippen LogP contribution in [0.3, 0.4) is 0 Å². The molecule has 1 atom stereocenters. The normalized spacial score (nSPS) is 17.5. The van der Waals surface area contributed by atoms with Gasteiger partial charge in [-0.25, -0.2) is 0 Å². The maximum Gasteiger partial charge on any atom is 0.411 e. The maximum atomic E-state index is 12.4. The van der Waals surface area contributed by atoms with E-state index in [1.165, 1.54) is 0 Å². The average Bonchev–Trinajstić information content (AvgIpc) is 2.66. The third-order valence-electron chi connectivity index (χ3n) is 4.74. The molecule has 1 unspecified atom stereocenters. The molecule has 1 aromatic rings. The van der Waals surface area contributed by atoms with Crippen molar-refractivity contribution in [3.8, 4) is 0 Å². The van der Waals surface area contributed by atoms with Crippen molar-refractivity contribution in [2.24, 2.45) is 0 Å². The van der Waals surface area contributed by atoms with Crippen LogP contribution in [-0.2, 0) is 16.1 Å². The number of ether oxygens (including phenoxy) is 1. The van der Waals surface area contributed by atoms with E-state index in [2.05, 4.69) is 19.9 Å². The number of hydrogen-bond donors (Lipinski definition) is 1. The van der Waals surface area contributed by atoms with E-state index in [1.54, 1.807) is 12.1 Å². The van der Waals surface area contributed by atoms with Crippen LogP contribution in [0, 0.1) is 0 Å².